The van der Waals surface area contributed by atoms with Crippen LogP contribution in [0.3, 0.4) is 0 Å². The first-order valence-electron chi connectivity index (χ1n) is 5.64. The van der Waals surface area contributed by atoms with E-state index in [1.165, 1.54) is 34.6 Å². The Morgan fingerprint density at radius 1 is 1.13 bits per heavy atom. The Balaban J connectivity index is 2.31. The van der Waals surface area contributed by atoms with Crippen LogP contribution in [0.1, 0.15) is 30.4 Å². The molecule has 0 radical (unpaired) electrons. The second-order valence-corrected chi connectivity index (χ2v) is 5.10. The van der Waals surface area contributed by atoms with Crippen LogP contribution < -0.4 is 5.73 Å². The van der Waals surface area contributed by atoms with E-state index < -0.39 is 0 Å². The van der Waals surface area contributed by atoms with Gasteiger partial charge in [0, 0.05) is 4.90 Å². The van der Waals surface area contributed by atoms with Crippen molar-refractivity contribution in [1.82, 2.24) is 0 Å². The predicted molar refractivity (Wildman–Crippen MR) is 69.5 cm³/mol. The molecule has 2 heteroatoms. The van der Waals surface area contributed by atoms with Crippen LogP contribution in [0.25, 0.3) is 0 Å². The normalized spacial score (nSPS) is 10.6. The number of hydrogen-bond acceptors (Lipinski definition) is 2. The van der Waals surface area contributed by atoms with E-state index in [0.717, 1.165) is 13.0 Å². The minimum absolute atomic E-state index is 0.828. The van der Waals surface area contributed by atoms with Gasteiger partial charge in [-0.2, -0.15) is 0 Å². The molecule has 0 saturated carbocycles. The molecule has 0 aliphatic heterocycles. The van der Waals surface area contributed by atoms with Gasteiger partial charge in [0.1, 0.15) is 0 Å². The first kappa shape index (κ1) is 12.6. The summed E-state index contributed by atoms with van der Waals surface area (Å²) < 4.78 is 0. The van der Waals surface area contributed by atoms with E-state index in [1.54, 1.807) is 0 Å². The number of rotatable bonds is 6. The number of benzene rings is 1. The van der Waals surface area contributed by atoms with Crippen molar-refractivity contribution in [2.45, 2.75) is 38.0 Å². The Kier molecular flexibility index (Phi) is 5.81. The molecule has 0 fully saturated rings. The van der Waals surface area contributed by atoms with Crippen LogP contribution >= 0.6 is 11.8 Å². The first-order valence-corrected chi connectivity index (χ1v) is 6.62. The van der Waals surface area contributed by atoms with Gasteiger partial charge in [-0.3, -0.25) is 0 Å². The van der Waals surface area contributed by atoms with Crippen molar-refractivity contribution in [3.05, 3.63) is 29.3 Å². The second-order valence-electron chi connectivity index (χ2n) is 3.97. The van der Waals surface area contributed by atoms with Crippen molar-refractivity contribution in [3.8, 4) is 0 Å². The SMILES string of the molecule is Cc1ccc(SCCCCCN)c(C)c1. The maximum absolute atomic E-state index is 5.46. The third kappa shape index (κ3) is 4.72. The van der Waals surface area contributed by atoms with Gasteiger partial charge in [-0.15, -0.1) is 11.8 Å². The van der Waals surface area contributed by atoms with E-state index in [4.69, 9.17) is 5.73 Å². The van der Waals surface area contributed by atoms with Gasteiger partial charge in [0.05, 0.1) is 0 Å². The molecule has 0 amide bonds. The van der Waals surface area contributed by atoms with Crippen LogP contribution in [0.15, 0.2) is 23.1 Å². The molecular weight excluding hydrogens is 202 g/mol. The molecule has 1 aromatic carbocycles. The van der Waals surface area contributed by atoms with Gasteiger partial charge < -0.3 is 5.73 Å². The Hall–Kier alpha value is -0.470. The Morgan fingerprint density at radius 2 is 1.93 bits per heavy atom. The highest BCUT2D eigenvalue weighted by atomic mass is 32.2. The molecule has 2 N–H and O–H groups in total. The van der Waals surface area contributed by atoms with Crippen LogP contribution in [0, 0.1) is 13.8 Å². The van der Waals surface area contributed by atoms with Gasteiger partial charge >= 0.3 is 0 Å². The molecule has 0 atom stereocenters. The molecule has 15 heavy (non-hydrogen) atoms. The van der Waals surface area contributed by atoms with Gasteiger partial charge in [-0.05, 0) is 50.6 Å². The van der Waals surface area contributed by atoms with E-state index in [0.29, 0.717) is 0 Å². The average Bonchev–Trinajstić information content (AvgIpc) is 2.20. The van der Waals surface area contributed by atoms with E-state index in [-0.39, 0.29) is 0 Å². The Bertz CT molecular complexity index is 297. The second kappa shape index (κ2) is 6.91. The third-order valence-corrected chi connectivity index (χ3v) is 3.70. The van der Waals surface area contributed by atoms with Gasteiger partial charge in [-0.1, -0.05) is 24.1 Å². The largest absolute Gasteiger partial charge is 0.330 e. The summed E-state index contributed by atoms with van der Waals surface area (Å²) in [6.45, 7) is 5.16. The summed E-state index contributed by atoms with van der Waals surface area (Å²) in [7, 11) is 0. The summed E-state index contributed by atoms with van der Waals surface area (Å²) in [5.74, 6) is 1.21. The lowest BCUT2D eigenvalue weighted by molar-refractivity contribution is 0.732. The summed E-state index contributed by atoms with van der Waals surface area (Å²) in [5, 5.41) is 0. The van der Waals surface area contributed by atoms with E-state index in [2.05, 4.69) is 32.0 Å². The highest BCUT2D eigenvalue weighted by molar-refractivity contribution is 7.99. The number of aryl methyl sites for hydroxylation is 2. The van der Waals surface area contributed by atoms with E-state index in [1.807, 2.05) is 11.8 Å². The van der Waals surface area contributed by atoms with Gasteiger partial charge in [0.2, 0.25) is 0 Å². The zero-order valence-corrected chi connectivity index (χ0v) is 10.6. The lowest BCUT2D eigenvalue weighted by Crippen LogP contribution is -1.97. The summed E-state index contributed by atoms with van der Waals surface area (Å²) >= 11 is 1.97. The van der Waals surface area contributed by atoms with Crippen molar-refractivity contribution >= 4 is 11.8 Å². The zero-order chi connectivity index (χ0) is 11.1. The Labute approximate surface area is 97.4 Å². The van der Waals surface area contributed by atoms with Crippen molar-refractivity contribution in [1.29, 1.82) is 0 Å². The van der Waals surface area contributed by atoms with Crippen molar-refractivity contribution < 1.29 is 0 Å². The van der Waals surface area contributed by atoms with Gasteiger partial charge in [0.15, 0.2) is 0 Å². The highest BCUT2D eigenvalue weighted by Gasteiger charge is 1.98. The van der Waals surface area contributed by atoms with Gasteiger partial charge in [-0.25, -0.2) is 0 Å². The van der Waals surface area contributed by atoms with Crippen molar-refractivity contribution in [3.63, 3.8) is 0 Å². The number of unbranched alkanes of at least 4 members (excludes halogenated alkanes) is 2. The Morgan fingerprint density at radius 3 is 2.60 bits per heavy atom. The van der Waals surface area contributed by atoms with Crippen LogP contribution in [-0.4, -0.2) is 12.3 Å². The fraction of sp³-hybridized carbons (Fsp3) is 0.538. The molecule has 0 saturated heterocycles. The zero-order valence-electron chi connectivity index (χ0n) is 9.75. The number of thioether (sulfide) groups is 1. The van der Waals surface area contributed by atoms with E-state index >= 15 is 0 Å². The molecule has 0 unspecified atom stereocenters. The van der Waals surface area contributed by atoms with Gasteiger partial charge in [0.25, 0.3) is 0 Å². The lowest BCUT2D eigenvalue weighted by atomic mass is 10.2. The van der Waals surface area contributed by atoms with Crippen molar-refractivity contribution in [2.75, 3.05) is 12.3 Å². The maximum Gasteiger partial charge on any atom is 0.0101 e. The molecule has 0 heterocycles. The highest BCUT2D eigenvalue weighted by Crippen LogP contribution is 2.24. The molecule has 1 aromatic rings. The topological polar surface area (TPSA) is 26.0 Å². The summed E-state index contributed by atoms with van der Waals surface area (Å²) in [6.07, 6.45) is 3.69. The molecule has 0 spiro atoms. The average molecular weight is 223 g/mol. The fourth-order valence-corrected chi connectivity index (χ4v) is 2.59. The minimum atomic E-state index is 0.828. The maximum atomic E-state index is 5.46. The first-order chi connectivity index (χ1) is 7.24. The smallest absolute Gasteiger partial charge is 0.0101 e. The number of hydrogen-bond donors (Lipinski definition) is 1. The molecule has 1 rings (SSSR count). The third-order valence-electron chi connectivity index (χ3n) is 2.44. The molecule has 0 bridgehead atoms. The number of nitrogens with two attached hydrogens (primary N) is 1. The molecule has 0 aliphatic carbocycles. The molecular formula is C13H21NS. The standard InChI is InChI=1S/C13H21NS/c1-11-6-7-13(12(2)10-11)15-9-5-3-4-8-14/h6-7,10H,3-5,8-9,14H2,1-2H3. The fourth-order valence-electron chi connectivity index (χ4n) is 1.57. The summed E-state index contributed by atoms with van der Waals surface area (Å²) in [4.78, 5) is 1.42. The van der Waals surface area contributed by atoms with Crippen LogP contribution in [0.4, 0.5) is 0 Å². The predicted octanol–water partition coefficient (Wildman–Crippen LogP) is 3.52. The molecule has 0 aliphatic rings. The van der Waals surface area contributed by atoms with Crippen LogP contribution in [-0.2, 0) is 0 Å². The minimum Gasteiger partial charge on any atom is -0.330 e. The van der Waals surface area contributed by atoms with E-state index in [9.17, 15) is 0 Å². The molecule has 0 aromatic heterocycles. The lowest BCUT2D eigenvalue weighted by Gasteiger charge is -2.06. The summed E-state index contributed by atoms with van der Waals surface area (Å²) in [5.41, 5.74) is 8.20. The quantitative estimate of drug-likeness (QED) is 0.590. The molecule has 1 nitrogen and oxygen atoms in total. The van der Waals surface area contributed by atoms with Crippen molar-refractivity contribution in [2.24, 2.45) is 5.73 Å². The summed E-state index contributed by atoms with van der Waals surface area (Å²) in [6, 6.07) is 6.68. The monoisotopic (exact) mass is 223 g/mol. The molecule has 84 valence electrons. The van der Waals surface area contributed by atoms with Crippen LogP contribution in [0.2, 0.25) is 0 Å². The van der Waals surface area contributed by atoms with Crippen LogP contribution in [0.5, 0.6) is 0 Å².